The van der Waals surface area contributed by atoms with Gasteiger partial charge in [-0.3, -0.25) is 4.79 Å². The second-order valence-electron chi connectivity index (χ2n) is 4.49. The van der Waals surface area contributed by atoms with Gasteiger partial charge in [0, 0.05) is 6.42 Å². The molecule has 0 radical (unpaired) electrons. The molecule has 0 unspecified atom stereocenters. The van der Waals surface area contributed by atoms with Crippen LogP contribution in [0, 0.1) is 12.7 Å². The molecule has 0 aliphatic heterocycles. The van der Waals surface area contributed by atoms with Crippen molar-refractivity contribution in [2.24, 2.45) is 0 Å². The third kappa shape index (κ3) is 2.65. The van der Waals surface area contributed by atoms with Gasteiger partial charge in [-0.15, -0.1) is 0 Å². The van der Waals surface area contributed by atoms with E-state index in [0.29, 0.717) is 12.0 Å². The van der Waals surface area contributed by atoms with E-state index in [4.69, 9.17) is 0 Å². The summed E-state index contributed by atoms with van der Waals surface area (Å²) >= 11 is 0. The van der Waals surface area contributed by atoms with Crippen molar-refractivity contribution >= 4 is 5.78 Å². The highest BCUT2D eigenvalue weighted by atomic mass is 19.1. The van der Waals surface area contributed by atoms with Crippen molar-refractivity contribution < 1.29 is 9.18 Å². The molecule has 2 aromatic rings. The average molecular weight is 242 g/mol. The van der Waals surface area contributed by atoms with Crippen molar-refractivity contribution in [2.75, 3.05) is 0 Å². The number of carbonyl (C=O) groups excluding carboxylic acids is 1. The molecule has 1 nitrogen and oxygen atoms in total. The first-order chi connectivity index (χ1) is 8.58. The number of carbonyl (C=O) groups is 1. The van der Waals surface area contributed by atoms with E-state index in [1.165, 1.54) is 6.07 Å². The van der Waals surface area contributed by atoms with Crippen LogP contribution in [0.3, 0.4) is 0 Å². The molecule has 0 aromatic heterocycles. The van der Waals surface area contributed by atoms with Gasteiger partial charge in [0.1, 0.15) is 11.6 Å². The number of rotatable bonds is 3. The van der Waals surface area contributed by atoms with Gasteiger partial charge in [-0.1, -0.05) is 36.4 Å². The van der Waals surface area contributed by atoms with Gasteiger partial charge < -0.3 is 0 Å². The molecule has 0 atom stereocenters. The number of Topliss-reactive ketones (excluding diaryl/α,β-unsaturated/α-hetero) is 1. The fourth-order valence-corrected chi connectivity index (χ4v) is 2.01. The summed E-state index contributed by atoms with van der Waals surface area (Å²) in [5.41, 5.74) is 3.50. The zero-order valence-electron chi connectivity index (χ0n) is 10.5. The zero-order chi connectivity index (χ0) is 13.1. The molecule has 2 heteroatoms. The van der Waals surface area contributed by atoms with Crippen molar-refractivity contribution in [1.29, 1.82) is 0 Å². The van der Waals surface area contributed by atoms with Crippen molar-refractivity contribution in [2.45, 2.75) is 20.3 Å². The first-order valence-electron chi connectivity index (χ1n) is 5.92. The molecular weight excluding hydrogens is 227 g/mol. The number of hydrogen-bond donors (Lipinski definition) is 0. The number of ketones is 1. The Hall–Kier alpha value is -1.96. The molecule has 0 heterocycles. The van der Waals surface area contributed by atoms with Gasteiger partial charge in [0.05, 0.1) is 0 Å². The Bertz CT molecular complexity index is 570. The molecule has 92 valence electrons. The molecule has 2 aromatic carbocycles. The summed E-state index contributed by atoms with van der Waals surface area (Å²) < 4.78 is 13.5. The standard InChI is InChI=1S/C16H15FO/c1-11(18)10-13-6-8-14(9-7-13)15-4-3-5-16(17)12(15)2/h3-9H,10H2,1-2H3. The smallest absolute Gasteiger partial charge is 0.134 e. The van der Waals surface area contributed by atoms with Gasteiger partial charge in [-0.2, -0.15) is 0 Å². The molecule has 0 saturated carbocycles. The van der Waals surface area contributed by atoms with Crippen molar-refractivity contribution in [1.82, 2.24) is 0 Å². The minimum absolute atomic E-state index is 0.143. The molecule has 18 heavy (non-hydrogen) atoms. The van der Waals surface area contributed by atoms with E-state index in [1.54, 1.807) is 19.9 Å². The average Bonchev–Trinajstić information content (AvgIpc) is 2.33. The van der Waals surface area contributed by atoms with Crippen LogP contribution < -0.4 is 0 Å². The predicted molar refractivity (Wildman–Crippen MR) is 71.0 cm³/mol. The Morgan fingerprint density at radius 3 is 2.39 bits per heavy atom. The van der Waals surface area contributed by atoms with Crippen LogP contribution in [0.25, 0.3) is 11.1 Å². The van der Waals surface area contributed by atoms with Crippen molar-refractivity contribution in [3.63, 3.8) is 0 Å². The summed E-state index contributed by atoms with van der Waals surface area (Å²) in [5, 5.41) is 0. The van der Waals surface area contributed by atoms with Crippen LogP contribution in [-0.4, -0.2) is 5.78 Å². The van der Waals surface area contributed by atoms with Gasteiger partial charge in [-0.05, 0) is 42.2 Å². The molecule has 0 spiro atoms. The lowest BCUT2D eigenvalue weighted by atomic mass is 9.98. The molecule has 0 aliphatic carbocycles. The monoisotopic (exact) mass is 242 g/mol. The molecule has 0 N–H and O–H groups in total. The predicted octanol–water partition coefficient (Wildman–Crippen LogP) is 3.93. The van der Waals surface area contributed by atoms with Crippen LogP contribution in [0.2, 0.25) is 0 Å². The van der Waals surface area contributed by atoms with Crippen molar-refractivity contribution in [3.8, 4) is 11.1 Å². The maximum atomic E-state index is 13.5. The lowest BCUT2D eigenvalue weighted by Gasteiger charge is -2.07. The Labute approximate surface area is 106 Å². The second-order valence-corrected chi connectivity index (χ2v) is 4.49. The van der Waals surface area contributed by atoms with Gasteiger partial charge in [0.15, 0.2) is 0 Å². The number of halogens is 1. The van der Waals surface area contributed by atoms with Crippen LogP contribution in [0.15, 0.2) is 42.5 Å². The highest BCUT2D eigenvalue weighted by Gasteiger charge is 2.06. The SMILES string of the molecule is CC(=O)Cc1ccc(-c2cccc(F)c2C)cc1. The molecule has 0 fully saturated rings. The van der Waals surface area contributed by atoms with E-state index in [9.17, 15) is 9.18 Å². The lowest BCUT2D eigenvalue weighted by Crippen LogP contribution is -1.96. The van der Waals surface area contributed by atoms with Gasteiger partial charge >= 0.3 is 0 Å². The maximum Gasteiger partial charge on any atom is 0.134 e. The minimum Gasteiger partial charge on any atom is -0.300 e. The third-order valence-corrected chi connectivity index (χ3v) is 2.99. The summed E-state index contributed by atoms with van der Waals surface area (Å²) in [4.78, 5) is 11.0. The maximum absolute atomic E-state index is 13.5. The van der Waals surface area contributed by atoms with Crippen LogP contribution in [0.4, 0.5) is 4.39 Å². The van der Waals surface area contributed by atoms with Crippen LogP contribution in [-0.2, 0) is 11.2 Å². The van der Waals surface area contributed by atoms with Crippen LogP contribution in [0.1, 0.15) is 18.1 Å². The minimum atomic E-state index is -0.194. The Morgan fingerprint density at radius 2 is 1.78 bits per heavy atom. The van der Waals surface area contributed by atoms with Gasteiger partial charge in [0.2, 0.25) is 0 Å². The summed E-state index contributed by atoms with van der Waals surface area (Å²) in [6, 6.07) is 12.8. The molecule has 0 amide bonds. The van der Waals surface area contributed by atoms with E-state index in [1.807, 2.05) is 30.3 Å². The largest absolute Gasteiger partial charge is 0.300 e. The van der Waals surface area contributed by atoms with Gasteiger partial charge in [0.25, 0.3) is 0 Å². The van der Waals surface area contributed by atoms with Crippen molar-refractivity contribution in [3.05, 3.63) is 59.4 Å². The Kier molecular flexibility index (Phi) is 3.56. The highest BCUT2D eigenvalue weighted by molar-refractivity contribution is 5.78. The fourth-order valence-electron chi connectivity index (χ4n) is 2.01. The summed E-state index contributed by atoms with van der Waals surface area (Å²) in [6.45, 7) is 3.35. The van der Waals surface area contributed by atoms with E-state index in [2.05, 4.69) is 0 Å². The molecule has 0 bridgehead atoms. The third-order valence-electron chi connectivity index (χ3n) is 2.99. The molecule has 2 rings (SSSR count). The second kappa shape index (κ2) is 5.13. The molecule has 0 aliphatic rings. The van der Waals surface area contributed by atoms with E-state index < -0.39 is 0 Å². The quantitative estimate of drug-likeness (QED) is 0.797. The Balaban J connectivity index is 2.34. The summed E-state index contributed by atoms with van der Waals surface area (Å²) in [7, 11) is 0. The van der Waals surface area contributed by atoms with E-state index >= 15 is 0 Å². The fraction of sp³-hybridized carbons (Fsp3) is 0.188. The van der Waals surface area contributed by atoms with Gasteiger partial charge in [-0.25, -0.2) is 4.39 Å². The zero-order valence-corrected chi connectivity index (χ0v) is 10.5. The number of benzene rings is 2. The van der Waals surface area contributed by atoms with Crippen LogP contribution >= 0.6 is 0 Å². The highest BCUT2D eigenvalue weighted by Crippen LogP contribution is 2.25. The normalized spacial score (nSPS) is 10.4. The lowest BCUT2D eigenvalue weighted by molar-refractivity contribution is -0.116. The Morgan fingerprint density at radius 1 is 1.11 bits per heavy atom. The molecule has 0 saturated heterocycles. The molecular formula is C16H15FO. The summed E-state index contributed by atoms with van der Waals surface area (Å²) in [5.74, 6) is -0.0509. The first-order valence-corrected chi connectivity index (χ1v) is 5.92. The number of hydrogen-bond acceptors (Lipinski definition) is 1. The topological polar surface area (TPSA) is 17.1 Å². The first kappa shape index (κ1) is 12.5. The van der Waals surface area contributed by atoms with E-state index in [0.717, 1.165) is 16.7 Å². The van der Waals surface area contributed by atoms with E-state index in [-0.39, 0.29) is 11.6 Å². The van der Waals surface area contributed by atoms with Crippen LogP contribution in [0.5, 0.6) is 0 Å². The summed E-state index contributed by atoms with van der Waals surface area (Å²) in [6.07, 6.45) is 0.447.